The molecule has 210 valence electrons. The summed E-state index contributed by atoms with van der Waals surface area (Å²) in [4.78, 5) is 24.5. The summed E-state index contributed by atoms with van der Waals surface area (Å²) in [5.74, 6) is -0.639. The van der Waals surface area contributed by atoms with Gasteiger partial charge in [0, 0.05) is 29.6 Å². The van der Waals surface area contributed by atoms with Gasteiger partial charge in [0.1, 0.15) is 12.4 Å². The molecule has 0 heterocycles. The lowest BCUT2D eigenvalue weighted by Gasteiger charge is -2.22. The van der Waals surface area contributed by atoms with Gasteiger partial charge in [0.2, 0.25) is 0 Å². The van der Waals surface area contributed by atoms with Crippen LogP contribution in [0.2, 0.25) is 10.0 Å². The van der Waals surface area contributed by atoms with Crippen molar-refractivity contribution in [2.45, 2.75) is 32.2 Å². The quantitative estimate of drug-likeness (QED) is 0.273. The van der Waals surface area contributed by atoms with E-state index in [1.165, 1.54) is 0 Å². The highest BCUT2D eigenvalue weighted by atomic mass is 35.5. The maximum atomic E-state index is 12.5. The highest BCUT2D eigenvalue weighted by Crippen LogP contribution is 2.20. The second-order valence-corrected chi connectivity index (χ2v) is 8.84. The molecule has 1 N–H and O–H groups in total. The molecular formula is C25H28Cl2F3NO7. The molecule has 0 aromatic heterocycles. The summed E-state index contributed by atoms with van der Waals surface area (Å²) in [6.45, 7) is 0.214. The van der Waals surface area contributed by atoms with Gasteiger partial charge in [-0.15, -0.1) is 0 Å². The van der Waals surface area contributed by atoms with Crippen LogP contribution in [0, 0.1) is 0 Å². The molecule has 0 bridgehead atoms. The minimum atomic E-state index is -4.66. The molecule has 2 aromatic rings. The smallest absolute Gasteiger partial charge is 0.422 e. The Hall–Kier alpha value is -2.73. The first-order valence-electron chi connectivity index (χ1n) is 11.5. The predicted octanol–water partition coefficient (Wildman–Crippen LogP) is 5.62. The first kappa shape index (κ1) is 31.5. The SMILES string of the molecule is CCOC(Cc1ccc(OCCN(CCOCc2cc(Cl)cc(Cl)c2)C(=O)OCC(F)(F)F)cc1)C(=O)O. The van der Waals surface area contributed by atoms with Crippen molar-refractivity contribution in [1.29, 1.82) is 0 Å². The molecule has 0 spiro atoms. The maximum Gasteiger partial charge on any atom is 0.422 e. The van der Waals surface area contributed by atoms with Crippen LogP contribution >= 0.6 is 23.2 Å². The van der Waals surface area contributed by atoms with Gasteiger partial charge in [-0.25, -0.2) is 9.59 Å². The lowest BCUT2D eigenvalue weighted by atomic mass is 10.1. The van der Waals surface area contributed by atoms with Crippen LogP contribution < -0.4 is 4.74 Å². The molecule has 0 fully saturated rings. The van der Waals surface area contributed by atoms with E-state index < -0.39 is 30.9 Å². The topological polar surface area (TPSA) is 94.5 Å². The molecule has 1 unspecified atom stereocenters. The molecule has 0 aliphatic heterocycles. The van der Waals surface area contributed by atoms with Crippen molar-refractivity contribution < 1.29 is 46.8 Å². The Morgan fingerprint density at radius 2 is 1.63 bits per heavy atom. The van der Waals surface area contributed by atoms with Crippen LogP contribution in [0.3, 0.4) is 0 Å². The molecule has 1 atom stereocenters. The molecule has 38 heavy (non-hydrogen) atoms. The van der Waals surface area contributed by atoms with E-state index in [0.29, 0.717) is 26.9 Å². The van der Waals surface area contributed by atoms with Crippen LogP contribution in [0.1, 0.15) is 18.1 Å². The van der Waals surface area contributed by atoms with Crippen molar-refractivity contribution in [2.75, 3.05) is 39.5 Å². The third-order valence-electron chi connectivity index (χ3n) is 4.93. The van der Waals surface area contributed by atoms with Gasteiger partial charge in [0.05, 0.1) is 19.8 Å². The number of halogens is 5. The van der Waals surface area contributed by atoms with Crippen LogP contribution in [-0.4, -0.2) is 73.9 Å². The van der Waals surface area contributed by atoms with Crippen LogP contribution in [0.25, 0.3) is 0 Å². The number of nitrogens with zero attached hydrogens (tertiary/aromatic N) is 1. The molecule has 0 aliphatic carbocycles. The zero-order chi connectivity index (χ0) is 28.1. The fraction of sp³-hybridized carbons (Fsp3) is 0.440. The molecule has 0 saturated carbocycles. The molecule has 0 saturated heterocycles. The molecular weight excluding hydrogens is 554 g/mol. The first-order chi connectivity index (χ1) is 18.0. The van der Waals surface area contributed by atoms with E-state index in [9.17, 15) is 27.9 Å². The zero-order valence-electron chi connectivity index (χ0n) is 20.5. The fourth-order valence-corrected chi connectivity index (χ4v) is 3.79. The summed E-state index contributed by atoms with van der Waals surface area (Å²) in [5, 5.41) is 10.1. The Morgan fingerprint density at radius 1 is 1.00 bits per heavy atom. The minimum absolute atomic E-state index is 0.00449. The second-order valence-electron chi connectivity index (χ2n) is 7.97. The highest BCUT2D eigenvalue weighted by Gasteiger charge is 2.30. The van der Waals surface area contributed by atoms with E-state index in [0.717, 1.165) is 4.90 Å². The molecule has 13 heteroatoms. The molecule has 0 radical (unpaired) electrons. The van der Waals surface area contributed by atoms with Gasteiger partial charge in [-0.2, -0.15) is 13.2 Å². The molecule has 8 nitrogen and oxygen atoms in total. The van der Waals surface area contributed by atoms with Crippen molar-refractivity contribution in [2.24, 2.45) is 0 Å². The fourth-order valence-electron chi connectivity index (χ4n) is 3.22. The van der Waals surface area contributed by atoms with Crippen molar-refractivity contribution >= 4 is 35.3 Å². The largest absolute Gasteiger partial charge is 0.492 e. The summed E-state index contributed by atoms with van der Waals surface area (Å²) < 4.78 is 58.2. The minimum Gasteiger partial charge on any atom is -0.492 e. The van der Waals surface area contributed by atoms with Gasteiger partial charge in [0.15, 0.2) is 12.7 Å². The molecule has 2 rings (SSSR count). The third-order valence-corrected chi connectivity index (χ3v) is 5.37. The van der Waals surface area contributed by atoms with E-state index in [1.54, 1.807) is 49.4 Å². The van der Waals surface area contributed by atoms with Gasteiger partial charge in [0.25, 0.3) is 0 Å². The van der Waals surface area contributed by atoms with Crippen LogP contribution in [0.15, 0.2) is 42.5 Å². The standard InChI is InChI=1S/C25H28Cl2F3NO7/c1-2-36-22(23(32)33)13-17-3-5-21(6-4-17)37-10-8-31(24(34)38-16-25(28,29)30)7-9-35-15-18-11-19(26)14-20(27)12-18/h3-6,11-12,14,22H,2,7-10,13,15-16H2,1H3,(H,32,33). The Kier molecular flexibility index (Phi) is 12.9. The van der Waals surface area contributed by atoms with Crippen LogP contribution in [-0.2, 0) is 32.0 Å². The monoisotopic (exact) mass is 581 g/mol. The third kappa shape index (κ3) is 12.2. The number of carboxylic acids is 1. The molecule has 0 aliphatic rings. The number of carbonyl (C=O) groups is 2. The maximum absolute atomic E-state index is 12.5. The van der Waals surface area contributed by atoms with Crippen LogP contribution in [0.4, 0.5) is 18.0 Å². The normalized spacial score (nSPS) is 12.2. The number of aliphatic carboxylic acids is 1. The number of alkyl halides is 3. The summed E-state index contributed by atoms with van der Waals surface area (Å²) in [7, 11) is 0. The summed E-state index contributed by atoms with van der Waals surface area (Å²) in [5.41, 5.74) is 1.41. The van der Waals surface area contributed by atoms with E-state index in [1.807, 2.05) is 0 Å². The second kappa shape index (κ2) is 15.6. The molecule has 2 aromatic carbocycles. The number of hydrogen-bond acceptors (Lipinski definition) is 6. The Bertz CT molecular complexity index is 1020. The number of amides is 1. The number of carboxylic acid groups (broad SMARTS) is 1. The number of carbonyl (C=O) groups excluding carboxylic acids is 1. The van der Waals surface area contributed by atoms with Crippen molar-refractivity contribution in [3.05, 3.63) is 63.6 Å². The lowest BCUT2D eigenvalue weighted by Crippen LogP contribution is -2.39. The number of benzene rings is 2. The summed E-state index contributed by atoms with van der Waals surface area (Å²) in [6.07, 6.45) is -6.62. The van der Waals surface area contributed by atoms with E-state index >= 15 is 0 Å². The van der Waals surface area contributed by atoms with Gasteiger partial charge in [-0.1, -0.05) is 35.3 Å². The average molecular weight is 582 g/mol. The van der Waals surface area contributed by atoms with E-state index in [2.05, 4.69) is 4.74 Å². The Morgan fingerprint density at radius 3 is 2.21 bits per heavy atom. The van der Waals surface area contributed by atoms with Gasteiger partial charge in [-0.3, -0.25) is 0 Å². The van der Waals surface area contributed by atoms with Crippen LogP contribution in [0.5, 0.6) is 5.75 Å². The van der Waals surface area contributed by atoms with Gasteiger partial charge < -0.3 is 29.0 Å². The summed E-state index contributed by atoms with van der Waals surface area (Å²) in [6, 6.07) is 11.5. The predicted molar refractivity (Wildman–Crippen MR) is 134 cm³/mol. The van der Waals surface area contributed by atoms with Gasteiger partial charge in [-0.05, 0) is 48.4 Å². The van der Waals surface area contributed by atoms with Gasteiger partial charge >= 0.3 is 18.2 Å². The van der Waals surface area contributed by atoms with Crippen molar-refractivity contribution in [3.63, 3.8) is 0 Å². The van der Waals surface area contributed by atoms with Crippen molar-refractivity contribution in [1.82, 2.24) is 4.90 Å². The average Bonchev–Trinajstić information content (AvgIpc) is 2.83. The van der Waals surface area contributed by atoms with Crippen molar-refractivity contribution in [3.8, 4) is 5.75 Å². The molecule has 1 amide bonds. The first-order valence-corrected chi connectivity index (χ1v) is 12.3. The highest BCUT2D eigenvalue weighted by molar-refractivity contribution is 6.34. The lowest BCUT2D eigenvalue weighted by molar-refractivity contribution is -0.162. The number of rotatable bonds is 15. The summed E-state index contributed by atoms with van der Waals surface area (Å²) >= 11 is 11.9. The van der Waals surface area contributed by atoms with E-state index in [4.69, 9.17) is 37.4 Å². The Balaban J connectivity index is 1.89. The zero-order valence-corrected chi connectivity index (χ0v) is 22.0. The van der Waals surface area contributed by atoms with E-state index in [-0.39, 0.29) is 45.9 Å². The Labute approximate surface area is 228 Å². The number of hydrogen-bond donors (Lipinski definition) is 1. The number of ether oxygens (including phenoxy) is 4.